The second kappa shape index (κ2) is 2.17. The van der Waals surface area contributed by atoms with Gasteiger partial charge in [-0.25, -0.2) is 15.0 Å². The average molecular weight is 154 g/mol. The molecule has 2 rings (SSSR count). The normalized spacial score (nSPS) is 29.5. The van der Waals surface area contributed by atoms with Gasteiger partial charge in [-0.1, -0.05) is 0 Å². The molecule has 0 saturated heterocycles. The number of rotatable bonds is 0. The van der Waals surface area contributed by atoms with E-state index in [0.29, 0.717) is 6.54 Å². The highest BCUT2D eigenvalue weighted by atomic mass is 32.1. The summed E-state index contributed by atoms with van der Waals surface area (Å²) in [6.45, 7) is 0.715. The molecule has 2 aliphatic heterocycles. The van der Waals surface area contributed by atoms with E-state index in [4.69, 9.17) is 0 Å². The van der Waals surface area contributed by atoms with Crippen molar-refractivity contribution in [3.8, 4) is 0 Å². The molecule has 0 saturated carbocycles. The van der Waals surface area contributed by atoms with Crippen LogP contribution in [0.25, 0.3) is 0 Å². The van der Waals surface area contributed by atoms with Crippen LogP contribution in [0.5, 0.6) is 0 Å². The summed E-state index contributed by atoms with van der Waals surface area (Å²) in [4.78, 5) is 12.0. The van der Waals surface area contributed by atoms with Crippen LogP contribution < -0.4 is 5.32 Å². The average Bonchev–Trinajstić information content (AvgIpc) is 2.33. The molecule has 0 bridgehead atoms. The topological polar surface area (TPSA) is 49.1 Å². The molecule has 10 heavy (non-hydrogen) atoms. The van der Waals surface area contributed by atoms with E-state index in [0.717, 1.165) is 11.5 Å². The zero-order chi connectivity index (χ0) is 6.97. The third-order valence-electron chi connectivity index (χ3n) is 1.35. The minimum Gasteiger partial charge on any atom is -0.282 e. The summed E-state index contributed by atoms with van der Waals surface area (Å²) in [7, 11) is 0. The third-order valence-corrected chi connectivity index (χ3v) is 1.65. The number of hydrogen-bond donors (Lipinski definition) is 2. The molecule has 4 nitrogen and oxygen atoms in total. The summed E-state index contributed by atoms with van der Waals surface area (Å²) in [5.41, 5.74) is 0.787. The number of amidine groups is 1. The van der Waals surface area contributed by atoms with E-state index in [1.54, 1.807) is 0 Å². The first-order chi connectivity index (χ1) is 4.86. The zero-order valence-corrected chi connectivity index (χ0v) is 6.05. The van der Waals surface area contributed by atoms with E-state index in [9.17, 15) is 0 Å². The second-order valence-corrected chi connectivity index (χ2v) is 2.52. The highest BCUT2D eigenvalue weighted by molar-refractivity contribution is 7.80. The lowest BCUT2D eigenvalue weighted by molar-refractivity contribution is 0.737. The van der Waals surface area contributed by atoms with Crippen molar-refractivity contribution in [3.63, 3.8) is 0 Å². The lowest BCUT2D eigenvalue weighted by Crippen LogP contribution is -2.37. The van der Waals surface area contributed by atoms with Crippen molar-refractivity contribution >= 4 is 30.5 Å². The molecule has 0 spiro atoms. The van der Waals surface area contributed by atoms with Gasteiger partial charge in [0.15, 0.2) is 5.84 Å². The molecule has 1 atom stereocenters. The van der Waals surface area contributed by atoms with E-state index in [1.165, 1.54) is 6.34 Å². The van der Waals surface area contributed by atoms with E-state index in [2.05, 4.69) is 32.9 Å². The summed E-state index contributed by atoms with van der Waals surface area (Å²) in [5, 5.41) is 3.02. The van der Waals surface area contributed by atoms with Crippen molar-refractivity contribution in [2.24, 2.45) is 15.0 Å². The lowest BCUT2D eigenvalue weighted by atomic mass is 10.3. The van der Waals surface area contributed by atoms with Gasteiger partial charge in [-0.15, -0.1) is 12.6 Å². The Morgan fingerprint density at radius 3 is 3.50 bits per heavy atom. The van der Waals surface area contributed by atoms with Crippen LogP contribution in [0.15, 0.2) is 15.0 Å². The van der Waals surface area contributed by atoms with Crippen LogP contribution in [0, 0.1) is 0 Å². The molecule has 0 amide bonds. The Labute approximate surface area is 63.6 Å². The zero-order valence-electron chi connectivity index (χ0n) is 5.15. The predicted octanol–water partition coefficient (Wildman–Crippen LogP) is -0.316. The van der Waals surface area contributed by atoms with Crippen molar-refractivity contribution < 1.29 is 0 Å². The highest BCUT2D eigenvalue weighted by Gasteiger charge is 2.18. The summed E-state index contributed by atoms with van der Waals surface area (Å²) >= 11 is 4.12. The van der Waals surface area contributed by atoms with Crippen LogP contribution in [0.2, 0.25) is 0 Å². The molecule has 1 unspecified atom stereocenters. The van der Waals surface area contributed by atoms with Gasteiger partial charge in [0.05, 0.1) is 0 Å². The Morgan fingerprint density at radius 2 is 2.60 bits per heavy atom. The van der Waals surface area contributed by atoms with Crippen LogP contribution in [0.3, 0.4) is 0 Å². The molecule has 1 N–H and O–H groups in total. The molecular formula is C5H6N4S. The van der Waals surface area contributed by atoms with E-state index in [-0.39, 0.29) is 5.50 Å². The van der Waals surface area contributed by atoms with Crippen molar-refractivity contribution in [3.05, 3.63) is 0 Å². The molecule has 0 aliphatic carbocycles. The van der Waals surface area contributed by atoms with E-state index >= 15 is 0 Å². The molecular weight excluding hydrogens is 148 g/mol. The van der Waals surface area contributed by atoms with E-state index < -0.39 is 0 Å². The van der Waals surface area contributed by atoms with Gasteiger partial charge in [0.1, 0.15) is 17.5 Å². The van der Waals surface area contributed by atoms with Crippen molar-refractivity contribution in [2.45, 2.75) is 5.50 Å². The quantitative estimate of drug-likeness (QED) is 0.462. The van der Waals surface area contributed by atoms with Crippen molar-refractivity contribution in [2.75, 3.05) is 6.54 Å². The van der Waals surface area contributed by atoms with Gasteiger partial charge in [-0.3, -0.25) is 5.32 Å². The Morgan fingerprint density at radius 1 is 1.70 bits per heavy atom. The molecule has 5 heteroatoms. The van der Waals surface area contributed by atoms with Crippen LogP contribution in [-0.2, 0) is 0 Å². The Hall–Kier alpha value is -0.680. The number of nitrogens with zero attached hydrogens (tertiary/aromatic N) is 3. The minimum absolute atomic E-state index is 0.121. The smallest absolute Gasteiger partial charge is 0.174 e. The number of thiol groups is 1. The van der Waals surface area contributed by atoms with Crippen LogP contribution in [-0.4, -0.2) is 29.9 Å². The first kappa shape index (κ1) is 6.06. The Bertz CT molecular complexity index is 242. The van der Waals surface area contributed by atoms with E-state index in [1.807, 2.05) is 0 Å². The highest BCUT2D eigenvalue weighted by Crippen LogP contribution is 2.04. The molecule has 0 radical (unpaired) electrons. The standard InChI is InChI=1S/C5H6N4S/c10-5-6-1-3-4(9-5)8-2-7-3/h2,5-6,10H,1H2. The lowest BCUT2D eigenvalue weighted by Gasteiger charge is -2.14. The van der Waals surface area contributed by atoms with Gasteiger partial charge in [-0.05, 0) is 0 Å². The Balaban J connectivity index is 2.34. The van der Waals surface area contributed by atoms with Crippen LogP contribution in [0.4, 0.5) is 0 Å². The molecule has 0 aromatic heterocycles. The number of fused-ring (bicyclic) bond motifs is 1. The fourth-order valence-electron chi connectivity index (χ4n) is 0.867. The van der Waals surface area contributed by atoms with Crippen LogP contribution in [0.1, 0.15) is 0 Å². The van der Waals surface area contributed by atoms with Crippen LogP contribution >= 0.6 is 12.6 Å². The first-order valence-corrected chi connectivity index (χ1v) is 3.47. The van der Waals surface area contributed by atoms with Crippen molar-refractivity contribution in [1.82, 2.24) is 5.32 Å². The molecule has 0 aromatic carbocycles. The van der Waals surface area contributed by atoms with Gasteiger partial charge in [-0.2, -0.15) is 0 Å². The summed E-state index contributed by atoms with van der Waals surface area (Å²) in [6, 6.07) is 0. The summed E-state index contributed by atoms with van der Waals surface area (Å²) in [5.74, 6) is 0.721. The molecule has 0 aromatic rings. The maximum absolute atomic E-state index is 4.12. The van der Waals surface area contributed by atoms with Gasteiger partial charge in [0.2, 0.25) is 0 Å². The maximum Gasteiger partial charge on any atom is 0.174 e. The number of aliphatic imine (C=N–C) groups is 3. The number of hydrogen-bond acceptors (Lipinski definition) is 5. The first-order valence-electron chi connectivity index (χ1n) is 2.95. The molecule has 52 valence electrons. The fourth-order valence-corrected chi connectivity index (χ4v) is 1.07. The number of nitrogens with one attached hydrogen (secondary N) is 1. The van der Waals surface area contributed by atoms with Gasteiger partial charge in [0, 0.05) is 6.54 Å². The SMILES string of the molecule is SC1N=C2N=CN=C2CN1. The third kappa shape index (κ3) is 0.871. The Kier molecular flexibility index (Phi) is 1.32. The predicted molar refractivity (Wildman–Crippen MR) is 44.1 cm³/mol. The monoisotopic (exact) mass is 154 g/mol. The molecule has 2 heterocycles. The van der Waals surface area contributed by atoms with Gasteiger partial charge >= 0.3 is 0 Å². The minimum atomic E-state index is -0.121. The summed E-state index contributed by atoms with van der Waals surface area (Å²) in [6.07, 6.45) is 1.52. The maximum atomic E-state index is 4.12. The largest absolute Gasteiger partial charge is 0.282 e. The van der Waals surface area contributed by atoms with Gasteiger partial charge in [0.25, 0.3) is 0 Å². The van der Waals surface area contributed by atoms with Gasteiger partial charge < -0.3 is 0 Å². The fraction of sp³-hybridized carbons (Fsp3) is 0.400. The van der Waals surface area contributed by atoms with Crippen molar-refractivity contribution in [1.29, 1.82) is 0 Å². The molecule has 0 fully saturated rings. The summed E-state index contributed by atoms with van der Waals surface area (Å²) < 4.78 is 0. The second-order valence-electron chi connectivity index (χ2n) is 2.03. The molecule has 2 aliphatic rings.